The molecule has 156 valence electrons. The van der Waals surface area contributed by atoms with Crippen LogP contribution in [0.3, 0.4) is 0 Å². The van der Waals surface area contributed by atoms with Gasteiger partial charge in [0.15, 0.2) is 17.1 Å². The molecule has 5 aromatic rings. The van der Waals surface area contributed by atoms with Gasteiger partial charge < -0.3 is 4.74 Å². The van der Waals surface area contributed by atoms with Crippen molar-refractivity contribution in [3.05, 3.63) is 77.5 Å². The summed E-state index contributed by atoms with van der Waals surface area (Å²) in [6.07, 6.45) is 3.46. The molecule has 0 aliphatic heterocycles. The maximum atomic E-state index is 6.12. The summed E-state index contributed by atoms with van der Waals surface area (Å²) >= 11 is 0. The van der Waals surface area contributed by atoms with Crippen LogP contribution in [0.15, 0.2) is 55.0 Å². The van der Waals surface area contributed by atoms with Crippen molar-refractivity contribution < 1.29 is 4.74 Å². The zero-order valence-corrected chi connectivity index (χ0v) is 18.1. The van der Waals surface area contributed by atoms with Crippen LogP contribution in [0.1, 0.15) is 42.3 Å². The molecule has 0 aliphatic carbocycles. The normalized spacial score (nSPS) is 11.6. The summed E-state index contributed by atoms with van der Waals surface area (Å²) in [5, 5.41) is 9.94. The van der Waals surface area contributed by atoms with E-state index in [1.807, 2.05) is 16.8 Å². The second-order valence-corrected chi connectivity index (χ2v) is 8.16. The Labute approximate surface area is 180 Å². The lowest BCUT2D eigenvalue weighted by atomic mass is 10.0. The summed E-state index contributed by atoms with van der Waals surface area (Å²) in [5.74, 6) is 1.86. The van der Waals surface area contributed by atoms with E-state index >= 15 is 0 Å². The fourth-order valence-corrected chi connectivity index (χ4v) is 3.76. The van der Waals surface area contributed by atoms with Gasteiger partial charge in [0.25, 0.3) is 0 Å². The zero-order valence-electron chi connectivity index (χ0n) is 18.1. The third-order valence-corrected chi connectivity index (χ3v) is 5.34. The molecule has 0 unspecified atom stereocenters. The van der Waals surface area contributed by atoms with E-state index in [0.717, 1.165) is 33.7 Å². The van der Waals surface area contributed by atoms with Gasteiger partial charge in [-0.1, -0.05) is 38.1 Å². The topological polar surface area (TPSA) is 70.1 Å². The van der Waals surface area contributed by atoms with Crippen molar-refractivity contribution in [3.8, 4) is 11.4 Å². The van der Waals surface area contributed by atoms with Crippen molar-refractivity contribution in [2.75, 3.05) is 0 Å². The Bertz CT molecular complexity index is 1400. The first-order valence-corrected chi connectivity index (χ1v) is 10.4. The number of nitrogens with zero attached hydrogens (tertiary/aromatic N) is 6. The Morgan fingerprint density at radius 3 is 2.65 bits per heavy atom. The summed E-state index contributed by atoms with van der Waals surface area (Å²) in [4.78, 5) is 9.29. The van der Waals surface area contributed by atoms with Crippen LogP contribution in [0.25, 0.3) is 22.4 Å². The van der Waals surface area contributed by atoms with Gasteiger partial charge in [-0.05, 0) is 54.7 Å². The molecule has 7 nitrogen and oxygen atoms in total. The van der Waals surface area contributed by atoms with Crippen LogP contribution in [0, 0.1) is 13.8 Å². The molecule has 31 heavy (non-hydrogen) atoms. The molecule has 0 radical (unpaired) electrons. The summed E-state index contributed by atoms with van der Waals surface area (Å²) in [5.41, 5.74) is 5.95. The third-order valence-electron chi connectivity index (χ3n) is 5.34. The standard InChI is InChI=1S/C24H24N6O/c1-15(2)19-9-8-17(4)11-21(19)31-13-22-27-24-20-12-26-30(18-7-5-6-16(3)10-18)23(20)25-14-29(24)28-22/h5-12,14-15H,13H2,1-4H3. The highest BCUT2D eigenvalue weighted by Crippen LogP contribution is 2.28. The molecule has 2 aromatic carbocycles. The first-order valence-electron chi connectivity index (χ1n) is 10.4. The van der Waals surface area contributed by atoms with Crippen molar-refractivity contribution in [3.63, 3.8) is 0 Å². The lowest BCUT2D eigenvalue weighted by Crippen LogP contribution is -2.02. The van der Waals surface area contributed by atoms with E-state index in [9.17, 15) is 0 Å². The monoisotopic (exact) mass is 412 g/mol. The third kappa shape index (κ3) is 3.52. The molecule has 0 amide bonds. The number of ether oxygens (including phenoxy) is 1. The molecule has 3 heterocycles. The Kier molecular flexibility index (Phi) is 4.66. The van der Waals surface area contributed by atoms with E-state index in [1.165, 1.54) is 11.1 Å². The van der Waals surface area contributed by atoms with Gasteiger partial charge in [0.05, 0.1) is 17.3 Å². The molecule has 0 aliphatic rings. The molecule has 0 N–H and O–H groups in total. The van der Waals surface area contributed by atoms with Gasteiger partial charge >= 0.3 is 0 Å². The first kappa shape index (κ1) is 19.2. The van der Waals surface area contributed by atoms with Crippen LogP contribution in [0.4, 0.5) is 0 Å². The Morgan fingerprint density at radius 1 is 1.00 bits per heavy atom. The van der Waals surface area contributed by atoms with E-state index in [-0.39, 0.29) is 0 Å². The van der Waals surface area contributed by atoms with Crippen molar-refractivity contribution >= 4 is 16.7 Å². The van der Waals surface area contributed by atoms with Gasteiger partial charge in [-0.25, -0.2) is 19.2 Å². The molecular weight excluding hydrogens is 388 g/mol. The number of aryl methyl sites for hydroxylation is 2. The van der Waals surface area contributed by atoms with Crippen LogP contribution in [-0.4, -0.2) is 29.4 Å². The Balaban J connectivity index is 1.49. The zero-order chi connectivity index (χ0) is 21.5. The largest absolute Gasteiger partial charge is 0.485 e. The summed E-state index contributed by atoms with van der Waals surface area (Å²) in [6, 6.07) is 14.5. The average molecular weight is 412 g/mol. The smallest absolute Gasteiger partial charge is 0.189 e. The minimum Gasteiger partial charge on any atom is -0.485 e. The summed E-state index contributed by atoms with van der Waals surface area (Å²) in [6.45, 7) is 8.74. The maximum absolute atomic E-state index is 6.12. The van der Waals surface area contributed by atoms with Crippen molar-refractivity contribution in [2.45, 2.75) is 40.2 Å². The summed E-state index contributed by atoms with van der Waals surface area (Å²) < 4.78 is 9.63. The van der Waals surface area contributed by atoms with Gasteiger partial charge in [-0.3, -0.25) is 0 Å². The molecule has 0 atom stereocenters. The second kappa shape index (κ2) is 7.50. The minimum atomic E-state index is 0.290. The van der Waals surface area contributed by atoms with E-state index in [0.29, 0.717) is 18.3 Å². The highest BCUT2D eigenvalue weighted by Gasteiger charge is 2.15. The fourth-order valence-electron chi connectivity index (χ4n) is 3.76. The lowest BCUT2D eigenvalue weighted by molar-refractivity contribution is 0.291. The quantitative estimate of drug-likeness (QED) is 0.415. The number of aromatic nitrogens is 6. The SMILES string of the molecule is Cc1cccc(-n2ncc3c2ncn2nc(COc4cc(C)ccc4C(C)C)nc32)c1. The predicted molar refractivity (Wildman–Crippen MR) is 120 cm³/mol. The predicted octanol–water partition coefficient (Wildman–Crippen LogP) is 4.78. The Morgan fingerprint density at radius 2 is 1.84 bits per heavy atom. The Hall–Kier alpha value is -3.74. The first-order chi connectivity index (χ1) is 15.0. The molecule has 7 heteroatoms. The van der Waals surface area contributed by atoms with E-state index in [4.69, 9.17) is 9.72 Å². The molecule has 0 bridgehead atoms. The number of rotatable bonds is 5. The summed E-state index contributed by atoms with van der Waals surface area (Å²) in [7, 11) is 0. The van der Waals surface area contributed by atoms with Gasteiger partial charge in [-0.15, -0.1) is 5.10 Å². The molecule has 0 fully saturated rings. The number of benzene rings is 2. The van der Waals surface area contributed by atoms with Gasteiger partial charge in [0.1, 0.15) is 18.7 Å². The molecule has 0 spiro atoms. The van der Waals surface area contributed by atoms with Crippen LogP contribution in [0.5, 0.6) is 5.75 Å². The van der Waals surface area contributed by atoms with Crippen molar-refractivity contribution in [1.82, 2.24) is 29.4 Å². The molecule has 0 saturated heterocycles. The molecule has 3 aromatic heterocycles. The molecule has 0 saturated carbocycles. The molecule has 5 rings (SSSR count). The highest BCUT2D eigenvalue weighted by molar-refractivity contribution is 5.89. The highest BCUT2D eigenvalue weighted by atomic mass is 16.5. The van der Waals surface area contributed by atoms with Crippen LogP contribution >= 0.6 is 0 Å². The van der Waals surface area contributed by atoms with Gasteiger partial charge in [0.2, 0.25) is 0 Å². The van der Waals surface area contributed by atoms with Gasteiger partial charge in [-0.2, -0.15) is 5.10 Å². The van der Waals surface area contributed by atoms with E-state index in [2.05, 4.69) is 73.2 Å². The van der Waals surface area contributed by atoms with Crippen molar-refractivity contribution in [1.29, 1.82) is 0 Å². The fraction of sp³-hybridized carbons (Fsp3) is 0.250. The maximum Gasteiger partial charge on any atom is 0.189 e. The number of hydrogen-bond donors (Lipinski definition) is 0. The minimum absolute atomic E-state index is 0.290. The second-order valence-electron chi connectivity index (χ2n) is 8.16. The average Bonchev–Trinajstić information content (AvgIpc) is 3.35. The van der Waals surface area contributed by atoms with Crippen molar-refractivity contribution in [2.24, 2.45) is 0 Å². The van der Waals surface area contributed by atoms with Crippen LogP contribution in [0.2, 0.25) is 0 Å². The lowest BCUT2D eigenvalue weighted by Gasteiger charge is -2.13. The van der Waals surface area contributed by atoms with Crippen LogP contribution < -0.4 is 4.74 Å². The van der Waals surface area contributed by atoms with Gasteiger partial charge in [0, 0.05) is 0 Å². The number of fused-ring (bicyclic) bond motifs is 3. The van der Waals surface area contributed by atoms with E-state index < -0.39 is 0 Å². The molecular formula is C24H24N6O. The van der Waals surface area contributed by atoms with E-state index in [1.54, 1.807) is 17.0 Å². The van der Waals surface area contributed by atoms with Crippen LogP contribution in [-0.2, 0) is 6.61 Å². The number of hydrogen-bond acceptors (Lipinski definition) is 5.